The normalized spacial score (nSPS) is 16.8. The highest BCUT2D eigenvalue weighted by atomic mass is 35.5. The van der Waals surface area contributed by atoms with Crippen LogP contribution in [0.2, 0.25) is 10.0 Å². The van der Waals surface area contributed by atoms with Crippen molar-refractivity contribution in [3.05, 3.63) is 58.1 Å². The van der Waals surface area contributed by atoms with Gasteiger partial charge in [0.1, 0.15) is 5.60 Å². The summed E-state index contributed by atoms with van der Waals surface area (Å²) in [6.07, 6.45) is 1.76. The molecule has 1 saturated heterocycles. The number of piperidine rings is 1. The monoisotopic (exact) mass is 488 g/mol. The summed E-state index contributed by atoms with van der Waals surface area (Å²) >= 11 is 12.9. The molecule has 4 rings (SSSR count). The molecule has 2 heterocycles. The molecular weight excluding hydrogens is 459 g/mol. The Morgan fingerprint density at radius 2 is 1.88 bits per heavy atom. The third-order valence-electron chi connectivity index (χ3n) is 5.75. The minimum Gasteiger partial charge on any atom is -0.444 e. The number of anilines is 1. The molecule has 0 aliphatic carbocycles. The number of likely N-dealkylation sites (tertiary alicyclic amines) is 1. The number of halogens is 2. The van der Waals surface area contributed by atoms with Crippen LogP contribution in [-0.2, 0) is 11.3 Å². The number of hydrogen-bond donors (Lipinski definition) is 1. The second kappa shape index (κ2) is 9.82. The highest BCUT2D eigenvalue weighted by molar-refractivity contribution is 6.36. The van der Waals surface area contributed by atoms with E-state index in [0.29, 0.717) is 35.6 Å². The number of hydrogen-bond acceptors (Lipinski definition) is 4. The van der Waals surface area contributed by atoms with E-state index in [4.69, 9.17) is 32.9 Å². The van der Waals surface area contributed by atoms with Crippen molar-refractivity contribution in [2.75, 3.05) is 25.0 Å². The predicted octanol–water partition coefficient (Wildman–Crippen LogP) is 6.45. The van der Waals surface area contributed by atoms with Gasteiger partial charge in [-0.1, -0.05) is 41.4 Å². The van der Waals surface area contributed by atoms with E-state index in [2.05, 4.69) is 9.88 Å². The van der Waals surface area contributed by atoms with Crippen molar-refractivity contribution in [1.82, 2.24) is 14.5 Å². The Bertz CT molecular complexity index is 1120. The van der Waals surface area contributed by atoms with E-state index in [-0.39, 0.29) is 6.09 Å². The van der Waals surface area contributed by atoms with Crippen molar-refractivity contribution in [3.8, 4) is 0 Å². The lowest BCUT2D eigenvalue weighted by atomic mass is 9.98. The SMILES string of the molecule is CC(C)(C)OC(=O)N1CCC[C@@H](CNc2nc3ccccc3n2Cc2c(Cl)cccc2Cl)C1. The van der Waals surface area contributed by atoms with Gasteiger partial charge in [0.15, 0.2) is 0 Å². The molecule has 0 bridgehead atoms. The quantitative estimate of drug-likeness (QED) is 0.448. The predicted molar refractivity (Wildman–Crippen MR) is 134 cm³/mol. The highest BCUT2D eigenvalue weighted by Crippen LogP contribution is 2.29. The number of ether oxygens (including phenoxy) is 1. The van der Waals surface area contributed by atoms with Crippen molar-refractivity contribution in [2.45, 2.75) is 45.8 Å². The Labute approximate surface area is 204 Å². The summed E-state index contributed by atoms with van der Waals surface area (Å²) in [5, 5.41) is 4.79. The maximum absolute atomic E-state index is 12.5. The maximum atomic E-state index is 12.5. The van der Waals surface area contributed by atoms with Gasteiger partial charge in [0.2, 0.25) is 5.95 Å². The average molecular weight is 489 g/mol. The van der Waals surface area contributed by atoms with Crippen LogP contribution in [0, 0.1) is 5.92 Å². The Hall–Kier alpha value is -2.44. The fraction of sp³-hybridized carbons (Fsp3) is 0.440. The number of nitrogens with zero attached hydrogens (tertiary/aromatic N) is 3. The second-order valence-electron chi connectivity index (χ2n) is 9.53. The Kier molecular flexibility index (Phi) is 7.05. The van der Waals surface area contributed by atoms with Gasteiger partial charge >= 0.3 is 6.09 Å². The van der Waals surface area contributed by atoms with Crippen molar-refractivity contribution in [3.63, 3.8) is 0 Å². The number of benzene rings is 2. The molecule has 2 aromatic carbocycles. The Morgan fingerprint density at radius 1 is 1.15 bits per heavy atom. The lowest BCUT2D eigenvalue weighted by Crippen LogP contribution is -2.44. The van der Waals surface area contributed by atoms with Crippen LogP contribution in [0.1, 0.15) is 39.2 Å². The maximum Gasteiger partial charge on any atom is 0.410 e. The molecule has 33 heavy (non-hydrogen) atoms. The summed E-state index contributed by atoms with van der Waals surface area (Å²) in [6, 6.07) is 13.6. The first-order valence-electron chi connectivity index (χ1n) is 11.3. The summed E-state index contributed by atoms with van der Waals surface area (Å²) in [5.41, 5.74) is 2.28. The van der Waals surface area contributed by atoms with Crippen LogP contribution in [-0.4, -0.2) is 45.8 Å². The van der Waals surface area contributed by atoms with E-state index in [1.807, 2.05) is 68.1 Å². The summed E-state index contributed by atoms with van der Waals surface area (Å²) in [6.45, 7) is 8.29. The smallest absolute Gasteiger partial charge is 0.410 e. The number of fused-ring (bicyclic) bond motifs is 1. The molecule has 1 fully saturated rings. The van der Waals surface area contributed by atoms with Crippen LogP contribution in [0.3, 0.4) is 0 Å². The van der Waals surface area contributed by atoms with Gasteiger partial charge in [0, 0.05) is 35.2 Å². The van der Waals surface area contributed by atoms with Gasteiger partial charge in [-0.2, -0.15) is 0 Å². The van der Waals surface area contributed by atoms with Crippen LogP contribution in [0.5, 0.6) is 0 Å². The highest BCUT2D eigenvalue weighted by Gasteiger charge is 2.28. The van der Waals surface area contributed by atoms with Gasteiger partial charge in [-0.15, -0.1) is 0 Å². The van der Waals surface area contributed by atoms with Crippen LogP contribution in [0.15, 0.2) is 42.5 Å². The summed E-state index contributed by atoms with van der Waals surface area (Å²) in [4.78, 5) is 19.1. The van der Waals surface area contributed by atoms with Crippen molar-refractivity contribution >= 4 is 46.3 Å². The number of para-hydroxylation sites is 2. The summed E-state index contributed by atoms with van der Waals surface area (Å²) in [7, 11) is 0. The van der Waals surface area contributed by atoms with E-state index < -0.39 is 5.60 Å². The third-order valence-corrected chi connectivity index (χ3v) is 6.46. The summed E-state index contributed by atoms with van der Waals surface area (Å²) in [5.74, 6) is 1.07. The molecule has 1 aliphatic heterocycles. The first-order chi connectivity index (χ1) is 15.7. The number of carbonyl (C=O) groups is 1. The molecule has 3 aromatic rings. The molecule has 1 N–H and O–H groups in total. The van der Waals surface area contributed by atoms with Crippen LogP contribution in [0.4, 0.5) is 10.7 Å². The number of amides is 1. The zero-order valence-electron chi connectivity index (χ0n) is 19.3. The Morgan fingerprint density at radius 3 is 2.61 bits per heavy atom. The largest absolute Gasteiger partial charge is 0.444 e. The average Bonchev–Trinajstić information content (AvgIpc) is 3.11. The Balaban J connectivity index is 1.51. The van der Waals surface area contributed by atoms with E-state index in [1.165, 1.54) is 0 Å². The standard InChI is InChI=1S/C25H30Cl2N4O2/c1-25(2,3)33-24(32)30-13-7-8-17(15-30)14-28-23-29-21-11-4-5-12-22(21)31(23)16-18-19(26)9-6-10-20(18)27/h4-6,9-12,17H,7-8,13-16H2,1-3H3,(H,28,29)/t17-/m0/s1. The van der Waals surface area contributed by atoms with E-state index in [1.54, 1.807) is 0 Å². The molecule has 1 aromatic heterocycles. The van der Waals surface area contributed by atoms with Gasteiger partial charge in [0.25, 0.3) is 0 Å². The number of aromatic nitrogens is 2. The first kappa shape index (κ1) is 23.7. The fourth-order valence-electron chi connectivity index (χ4n) is 4.17. The van der Waals surface area contributed by atoms with Crippen LogP contribution >= 0.6 is 23.2 Å². The third kappa shape index (κ3) is 5.74. The van der Waals surface area contributed by atoms with Crippen molar-refractivity contribution in [2.24, 2.45) is 5.92 Å². The fourth-order valence-corrected chi connectivity index (χ4v) is 4.69. The zero-order valence-corrected chi connectivity index (χ0v) is 20.8. The lowest BCUT2D eigenvalue weighted by Gasteiger charge is -2.34. The van der Waals surface area contributed by atoms with Gasteiger partial charge in [-0.3, -0.25) is 0 Å². The zero-order chi connectivity index (χ0) is 23.6. The first-order valence-corrected chi connectivity index (χ1v) is 12.1. The molecule has 0 radical (unpaired) electrons. The molecular formula is C25H30Cl2N4O2. The van der Waals surface area contributed by atoms with Crippen molar-refractivity contribution in [1.29, 1.82) is 0 Å². The molecule has 176 valence electrons. The number of rotatable bonds is 5. The molecule has 1 atom stereocenters. The molecule has 8 heteroatoms. The van der Waals surface area contributed by atoms with Gasteiger partial charge in [-0.25, -0.2) is 9.78 Å². The second-order valence-corrected chi connectivity index (χ2v) is 10.3. The van der Waals surface area contributed by atoms with Crippen LogP contribution in [0.25, 0.3) is 11.0 Å². The van der Waals surface area contributed by atoms with E-state index in [0.717, 1.165) is 41.9 Å². The topological polar surface area (TPSA) is 59.4 Å². The lowest BCUT2D eigenvalue weighted by molar-refractivity contribution is 0.0172. The van der Waals surface area contributed by atoms with Gasteiger partial charge < -0.3 is 19.5 Å². The molecule has 0 saturated carbocycles. The minimum absolute atomic E-state index is 0.243. The molecule has 0 spiro atoms. The number of carbonyl (C=O) groups excluding carboxylic acids is 1. The number of nitrogens with one attached hydrogen (secondary N) is 1. The molecule has 6 nitrogen and oxygen atoms in total. The van der Waals surface area contributed by atoms with Crippen molar-refractivity contribution < 1.29 is 9.53 Å². The number of imidazole rings is 1. The molecule has 0 unspecified atom stereocenters. The van der Waals surface area contributed by atoms with Crippen LogP contribution < -0.4 is 5.32 Å². The molecule has 1 amide bonds. The van der Waals surface area contributed by atoms with Gasteiger partial charge in [-0.05, 0) is 63.8 Å². The van der Waals surface area contributed by atoms with Gasteiger partial charge in [0.05, 0.1) is 17.6 Å². The minimum atomic E-state index is -0.493. The summed E-state index contributed by atoms with van der Waals surface area (Å²) < 4.78 is 7.67. The van der Waals surface area contributed by atoms with E-state index in [9.17, 15) is 4.79 Å². The molecule has 1 aliphatic rings. The van der Waals surface area contributed by atoms with E-state index >= 15 is 0 Å².